The van der Waals surface area contributed by atoms with Crippen LogP contribution >= 0.6 is 0 Å². The zero-order valence-corrected chi connectivity index (χ0v) is 17.6. The van der Waals surface area contributed by atoms with E-state index in [4.69, 9.17) is 0 Å². The lowest BCUT2D eigenvalue weighted by molar-refractivity contribution is -0.428. The van der Waals surface area contributed by atoms with Crippen molar-refractivity contribution in [3.8, 4) is 0 Å². The summed E-state index contributed by atoms with van der Waals surface area (Å²) in [5.41, 5.74) is -10.1. The molecular formula is C21H8F6N4O6. The van der Waals surface area contributed by atoms with E-state index in [-0.39, 0.29) is 11.1 Å². The number of halogens is 6. The van der Waals surface area contributed by atoms with E-state index in [1.807, 2.05) is 0 Å². The van der Waals surface area contributed by atoms with Gasteiger partial charge in [0.25, 0.3) is 11.4 Å². The topological polar surface area (TPSA) is 142 Å². The Morgan fingerprint density at radius 1 is 0.757 bits per heavy atom. The van der Waals surface area contributed by atoms with E-state index < -0.39 is 77.9 Å². The second-order valence-corrected chi connectivity index (χ2v) is 7.55. The predicted molar refractivity (Wildman–Crippen MR) is 114 cm³/mol. The molecule has 37 heavy (non-hydrogen) atoms. The van der Waals surface area contributed by atoms with Gasteiger partial charge in [-0.15, -0.1) is 0 Å². The average molecular weight is 526 g/mol. The average Bonchev–Trinajstić information content (AvgIpc) is 3.16. The summed E-state index contributed by atoms with van der Waals surface area (Å²) in [5, 5.41) is 34.6. The maximum Gasteiger partial charge on any atom is 0.418 e. The first-order valence-corrected chi connectivity index (χ1v) is 9.73. The molecular weight excluding hydrogens is 518 g/mol. The van der Waals surface area contributed by atoms with Crippen molar-refractivity contribution in [3.63, 3.8) is 0 Å². The van der Waals surface area contributed by atoms with Crippen LogP contribution in [-0.2, 0) is 12.4 Å². The Morgan fingerprint density at radius 3 is 1.84 bits per heavy atom. The highest BCUT2D eigenvalue weighted by Gasteiger charge is 2.44. The first-order chi connectivity index (χ1) is 17.1. The van der Waals surface area contributed by atoms with Gasteiger partial charge in [0, 0.05) is 17.7 Å². The van der Waals surface area contributed by atoms with Gasteiger partial charge in [0.2, 0.25) is 0 Å². The predicted octanol–water partition coefficient (Wildman–Crippen LogP) is 5.96. The molecule has 0 fully saturated rings. The Morgan fingerprint density at radius 2 is 1.35 bits per heavy atom. The first kappa shape index (κ1) is 25.2. The molecule has 0 unspecified atom stereocenters. The molecule has 0 saturated carbocycles. The minimum absolute atomic E-state index is 0.0567. The molecule has 0 atom stereocenters. The molecule has 2 aromatic carbocycles. The number of rotatable bonds is 4. The van der Waals surface area contributed by atoms with Crippen molar-refractivity contribution < 1.29 is 41.1 Å². The quantitative estimate of drug-likeness (QED) is 0.273. The van der Waals surface area contributed by atoms with Crippen LogP contribution in [0.4, 0.5) is 37.7 Å². The van der Waals surface area contributed by atoms with Crippen LogP contribution in [-0.4, -0.2) is 20.5 Å². The van der Waals surface area contributed by atoms with Gasteiger partial charge in [0.1, 0.15) is 5.71 Å². The molecule has 4 rings (SSSR count). The number of hydrogen-bond donors (Lipinski definition) is 0. The van der Waals surface area contributed by atoms with Crippen molar-refractivity contribution in [1.82, 2.24) is 0 Å². The van der Waals surface area contributed by atoms with E-state index in [0.29, 0.717) is 24.3 Å². The van der Waals surface area contributed by atoms with Crippen LogP contribution < -0.4 is 0 Å². The zero-order valence-electron chi connectivity index (χ0n) is 17.6. The molecule has 0 spiro atoms. The molecule has 10 nitrogen and oxygen atoms in total. The number of non-ortho nitro benzene ring substituents is 1. The fourth-order valence-electron chi connectivity index (χ4n) is 3.89. The maximum atomic E-state index is 13.6. The third kappa shape index (κ3) is 4.32. The van der Waals surface area contributed by atoms with Gasteiger partial charge in [0.05, 0.1) is 43.2 Å². The summed E-state index contributed by atoms with van der Waals surface area (Å²) in [6, 6.07) is 4.06. The monoisotopic (exact) mass is 526 g/mol. The first-order valence-electron chi connectivity index (χ1n) is 9.73. The number of alkyl halides is 6. The van der Waals surface area contributed by atoms with Crippen LogP contribution in [0.1, 0.15) is 22.3 Å². The van der Waals surface area contributed by atoms with Gasteiger partial charge in [-0.05, 0) is 35.4 Å². The second-order valence-electron chi connectivity index (χ2n) is 7.55. The number of nitro groups is 3. The van der Waals surface area contributed by atoms with Gasteiger partial charge in [-0.2, -0.15) is 26.3 Å². The zero-order chi connectivity index (χ0) is 27.4. The van der Waals surface area contributed by atoms with Crippen LogP contribution in [0.2, 0.25) is 0 Å². The second kappa shape index (κ2) is 8.35. The van der Waals surface area contributed by atoms with E-state index in [9.17, 15) is 56.7 Å². The molecule has 16 heteroatoms. The van der Waals surface area contributed by atoms with E-state index in [0.717, 1.165) is 24.3 Å². The van der Waals surface area contributed by atoms with Gasteiger partial charge < -0.3 is 0 Å². The van der Waals surface area contributed by atoms with Crippen molar-refractivity contribution in [2.75, 3.05) is 0 Å². The third-order valence-corrected chi connectivity index (χ3v) is 5.38. The largest absolute Gasteiger partial charge is 0.418 e. The molecule has 2 aromatic rings. The Balaban J connectivity index is 2.10. The Hall–Kier alpha value is -4.89. The number of nitrogens with zero attached hydrogens (tertiary/aromatic N) is 4. The van der Waals surface area contributed by atoms with Crippen molar-refractivity contribution in [2.45, 2.75) is 12.4 Å². The number of hydrogen-bond acceptors (Lipinski definition) is 7. The molecule has 0 amide bonds. The van der Waals surface area contributed by atoms with E-state index in [1.165, 1.54) is 0 Å². The fraction of sp³-hybridized carbons (Fsp3) is 0.0952. The summed E-state index contributed by atoms with van der Waals surface area (Å²) in [6.45, 7) is 0. The number of nitro benzene ring substituents is 1. The Labute approximate surface area is 200 Å². The molecule has 0 bridgehead atoms. The molecule has 0 aliphatic heterocycles. The van der Waals surface area contributed by atoms with Crippen LogP contribution in [0, 0.1) is 30.3 Å². The smallest absolute Gasteiger partial charge is 0.258 e. The highest BCUT2D eigenvalue weighted by atomic mass is 19.4. The molecule has 2 aliphatic carbocycles. The van der Waals surface area contributed by atoms with Gasteiger partial charge >= 0.3 is 18.0 Å². The van der Waals surface area contributed by atoms with Crippen LogP contribution in [0.5, 0.6) is 0 Å². The lowest BCUT2D eigenvalue weighted by atomic mass is 9.91. The number of aliphatic imine (C=N–C) groups is 1. The number of fused-ring (bicyclic) bond motifs is 3. The maximum absolute atomic E-state index is 13.6. The van der Waals surface area contributed by atoms with Gasteiger partial charge in [0.15, 0.2) is 0 Å². The summed E-state index contributed by atoms with van der Waals surface area (Å²) < 4.78 is 81.8. The van der Waals surface area contributed by atoms with Crippen molar-refractivity contribution >= 4 is 28.7 Å². The van der Waals surface area contributed by atoms with Crippen LogP contribution in [0.3, 0.4) is 0 Å². The van der Waals surface area contributed by atoms with Gasteiger partial charge in [-0.1, -0.05) is 6.07 Å². The summed E-state index contributed by atoms with van der Waals surface area (Å²) in [4.78, 5) is 34.9. The summed E-state index contributed by atoms with van der Waals surface area (Å²) in [6.07, 6.45) is -9.40. The van der Waals surface area contributed by atoms with E-state index >= 15 is 0 Å². The summed E-state index contributed by atoms with van der Waals surface area (Å²) >= 11 is 0. The van der Waals surface area contributed by atoms with Gasteiger partial charge in [-0.25, -0.2) is 4.99 Å². The molecule has 190 valence electrons. The SMILES string of the molecule is O=[N+]([O-])C1=CC([N+](=O)[O-])=C2C(=Cc3cc([N+](=O)[O-])ccc32)C1=Nc1c(C(F)(F)F)cccc1C(F)(F)F. The van der Waals surface area contributed by atoms with Crippen LogP contribution in [0.25, 0.3) is 11.6 Å². The van der Waals surface area contributed by atoms with Crippen molar-refractivity contribution in [2.24, 2.45) is 4.99 Å². The minimum atomic E-state index is -5.36. The van der Waals surface area contributed by atoms with Crippen molar-refractivity contribution in [1.29, 1.82) is 0 Å². The molecule has 0 saturated heterocycles. The van der Waals surface area contributed by atoms with E-state index in [2.05, 4.69) is 4.99 Å². The summed E-state index contributed by atoms with van der Waals surface area (Å²) in [5.74, 6) is 0. The molecule has 0 aromatic heterocycles. The lowest BCUT2D eigenvalue weighted by Crippen LogP contribution is -2.21. The van der Waals surface area contributed by atoms with E-state index in [1.54, 1.807) is 0 Å². The molecule has 0 radical (unpaired) electrons. The normalized spacial score (nSPS) is 16.2. The Kier molecular flexibility index (Phi) is 5.69. The van der Waals surface area contributed by atoms with Crippen LogP contribution in [0.15, 0.2) is 64.4 Å². The Bertz CT molecular complexity index is 1500. The summed E-state index contributed by atoms with van der Waals surface area (Å²) in [7, 11) is 0. The highest BCUT2D eigenvalue weighted by molar-refractivity contribution is 6.28. The standard InChI is InChI=1S/C21H8F6N4O6/c22-20(23,24)13-2-1-3-14(21(25,26)27)19(13)28-18-12-7-9-6-10(29(32)33)4-5-11(9)17(12)15(30(34)35)8-16(18)31(36)37/h1-8H. The van der Waals surface area contributed by atoms with Gasteiger partial charge in [-0.3, -0.25) is 30.3 Å². The number of para-hydroxylation sites is 1. The lowest BCUT2D eigenvalue weighted by Gasteiger charge is -2.18. The number of benzene rings is 2. The molecule has 2 aliphatic rings. The van der Waals surface area contributed by atoms with Crippen molar-refractivity contribution in [3.05, 3.63) is 112 Å². The highest BCUT2D eigenvalue weighted by Crippen LogP contribution is 2.48. The minimum Gasteiger partial charge on any atom is -0.258 e. The molecule has 0 heterocycles. The fourth-order valence-corrected chi connectivity index (χ4v) is 3.89. The molecule has 0 N–H and O–H groups in total. The third-order valence-electron chi connectivity index (χ3n) is 5.38. The number of allylic oxidation sites excluding steroid dienone is 3.